The Hall–Kier alpha value is -0.160. The molecule has 2 aliphatic rings. The van der Waals surface area contributed by atoms with Gasteiger partial charge in [0.2, 0.25) is 0 Å². The average molecular weight is 241 g/mol. The molecule has 2 rings (SSSR count). The zero-order chi connectivity index (χ0) is 12.3. The fraction of sp³-hybridized carbons (Fsp3) is 1.00. The molecular weight excluding hydrogens is 214 g/mol. The highest BCUT2D eigenvalue weighted by Crippen LogP contribution is 2.29. The summed E-state index contributed by atoms with van der Waals surface area (Å²) in [5, 5.41) is 12.6. The van der Waals surface area contributed by atoms with Gasteiger partial charge in [0, 0.05) is 39.3 Å². The molecule has 0 aromatic carbocycles. The van der Waals surface area contributed by atoms with Crippen molar-refractivity contribution in [1.82, 2.24) is 15.1 Å². The molecule has 100 valence electrons. The van der Waals surface area contributed by atoms with Gasteiger partial charge in [-0.1, -0.05) is 0 Å². The largest absolute Gasteiger partial charge is 0.394 e. The first-order valence-corrected chi connectivity index (χ1v) is 6.90. The molecule has 1 atom stereocenters. The molecule has 1 unspecified atom stereocenters. The Morgan fingerprint density at radius 2 is 1.76 bits per heavy atom. The molecule has 0 bridgehead atoms. The third kappa shape index (κ3) is 3.91. The maximum absolute atomic E-state index is 9.40. The highest BCUT2D eigenvalue weighted by molar-refractivity contribution is 4.87. The first-order valence-electron chi connectivity index (χ1n) is 6.90. The normalized spacial score (nSPS) is 27.0. The molecule has 17 heavy (non-hydrogen) atoms. The lowest BCUT2D eigenvalue weighted by molar-refractivity contribution is 0.0802. The van der Waals surface area contributed by atoms with Crippen LogP contribution in [0.25, 0.3) is 0 Å². The molecule has 1 saturated carbocycles. The van der Waals surface area contributed by atoms with E-state index < -0.39 is 0 Å². The van der Waals surface area contributed by atoms with Crippen molar-refractivity contribution in [3.63, 3.8) is 0 Å². The maximum Gasteiger partial charge on any atom is 0.0623 e. The van der Waals surface area contributed by atoms with Gasteiger partial charge in [-0.25, -0.2) is 0 Å². The van der Waals surface area contributed by atoms with Gasteiger partial charge in [0.15, 0.2) is 0 Å². The summed E-state index contributed by atoms with van der Waals surface area (Å²) in [6.45, 7) is 9.22. The fourth-order valence-corrected chi connectivity index (χ4v) is 2.50. The summed E-state index contributed by atoms with van der Waals surface area (Å²) in [5.74, 6) is 1.00. The lowest BCUT2D eigenvalue weighted by Crippen LogP contribution is -2.56. The Balaban J connectivity index is 1.70. The highest BCUT2D eigenvalue weighted by atomic mass is 16.3. The van der Waals surface area contributed by atoms with Crippen molar-refractivity contribution >= 4 is 0 Å². The van der Waals surface area contributed by atoms with Crippen molar-refractivity contribution in [1.29, 1.82) is 0 Å². The average Bonchev–Trinajstić information content (AvgIpc) is 3.15. The van der Waals surface area contributed by atoms with Crippen molar-refractivity contribution in [2.75, 3.05) is 52.9 Å². The Morgan fingerprint density at radius 1 is 1.18 bits per heavy atom. The third-order valence-corrected chi connectivity index (χ3v) is 4.20. The van der Waals surface area contributed by atoms with E-state index in [0.717, 1.165) is 25.6 Å². The predicted molar refractivity (Wildman–Crippen MR) is 70.2 cm³/mol. The molecule has 0 radical (unpaired) electrons. The number of hydrogen-bond donors (Lipinski definition) is 2. The van der Waals surface area contributed by atoms with Gasteiger partial charge in [0.1, 0.15) is 0 Å². The standard InChI is InChI=1S/C13H27N3O/c1-13(11-17,14-2)10-16-7-5-15(6-8-16)9-12-3-4-12/h12,14,17H,3-11H2,1-2H3. The number of aliphatic hydroxyl groups is 1. The van der Waals surface area contributed by atoms with Gasteiger partial charge in [-0.2, -0.15) is 0 Å². The Kier molecular flexibility index (Phi) is 4.42. The van der Waals surface area contributed by atoms with Crippen LogP contribution in [-0.2, 0) is 0 Å². The van der Waals surface area contributed by atoms with E-state index in [9.17, 15) is 5.11 Å². The molecule has 2 N–H and O–H groups in total. The Labute approximate surface area is 105 Å². The summed E-state index contributed by atoms with van der Waals surface area (Å²) >= 11 is 0. The van der Waals surface area contributed by atoms with E-state index in [1.165, 1.54) is 32.5 Å². The molecule has 1 aliphatic carbocycles. The number of piperazine rings is 1. The van der Waals surface area contributed by atoms with Crippen molar-refractivity contribution in [3.05, 3.63) is 0 Å². The van der Waals surface area contributed by atoms with Crippen LogP contribution in [0.1, 0.15) is 19.8 Å². The maximum atomic E-state index is 9.40. The SMILES string of the molecule is CNC(C)(CO)CN1CCN(CC2CC2)CC1. The second-order valence-electron chi connectivity index (χ2n) is 5.99. The van der Waals surface area contributed by atoms with Crippen molar-refractivity contribution in [2.24, 2.45) is 5.92 Å². The lowest BCUT2D eigenvalue weighted by Gasteiger charge is -2.39. The van der Waals surface area contributed by atoms with E-state index in [1.54, 1.807) is 0 Å². The van der Waals surface area contributed by atoms with Crippen LogP contribution >= 0.6 is 0 Å². The molecule has 0 spiro atoms. The predicted octanol–water partition coefficient (Wildman–Crippen LogP) is -0.0156. The van der Waals surface area contributed by atoms with Crippen molar-refractivity contribution in [2.45, 2.75) is 25.3 Å². The number of nitrogens with zero attached hydrogens (tertiary/aromatic N) is 2. The van der Waals surface area contributed by atoms with Gasteiger partial charge in [-0.05, 0) is 32.7 Å². The fourth-order valence-electron chi connectivity index (χ4n) is 2.50. The summed E-state index contributed by atoms with van der Waals surface area (Å²) in [6, 6.07) is 0. The van der Waals surface area contributed by atoms with Gasteiger partial charge in [-0.3, -0.25) is 4.90 Å². The van der Waals surface area contributed by atoms with E-state index in [4.69, 9.17) is 0 Å². The molecule has 1 aliphatic heterocycles. The summed E-state index contributed by atoms with van der Waals surface area (Å²) in [7, 11) is 1.93. The van der Waals surface area contributed by atoms with Gasteiger partial charge < -0.3 is 15.3 Å². The monoisotopic (exact) mass is 241 g/mol. The molecule has 4 nitrogen and oxygen atoms in total. The highest BCUT2D eigenvalue weighted by Gasteiger charge is 2.29. The summed E-state index contributed by atoms with van der Waals surface area (Å²) in [6.07, 6.45) is 2.89. The van der Waals surface area contributed by atoms with Crippen LogP contribution in [0.2, 0.25) is 0 Å². The molecule has 0 amide bonds. The van der Waals surface area contributed by atoms with E-state index in [0.29, 0.717) is 0 Å². The van der Waals surface area contributed by atoms with E-state index >= 15 is 0 Å². The molecule has 4 heteroatoms. The summed E-state index contributed by atoms with van der Waals surface area (Å²) < 4.78 is 0. The third-order valence-electron chi connectivity index (χ3n) is 4.20. The number of aliphatic hydroxyl groups excluding tert-OH is 1. The van der Waals surface area contributed by atoms with Crippen molar-refractivity contribution in [3.8, 4) is 0 Å². The van der Waals surface area contributed by atoms with Crippen LogP contribution in [-0.4, -0.2) is 73.4 Å². The van der Waals surface area contributed by atoms with E-state index in [2.05, 4.69) is 22.0 Å². The molecule has 0 aromatic heterocycles. The van der Waals surface area contributed by atoms with Gasteiger partial charge in [0.25, 0.3) is 0 Å². The van der Waals surface area contributed by atoms with Gasteiger partial charge in [-0.15, -0.1) is 0 Å². The van der Waals surface area contributed by atoms with Crippen LogP contribution in [0.3, 0.4) is 0 Å². The molecular formula is C13H27N3O. The molecule has 1 saturated heterocycles. The van der Waals surface area contributed by atoms with Crippen LogP contribution in [0, 0.1) is 5.92 Å². The summed E-state index contributed by atoms with van der Waals surface area (Å²) in [4.78, 5) is 5.07. The number of rotatable bonds is 6. The van der Waals surface area contributed by atoms with E-state index in [-0.39, 0.29) is 12.1 Å². The molecule has 0 aromatic rings. The van der Waals surface area contributed by atoms with Crippen LogP contribution in [0.15, 0.2) is 0 Å². The molecule has 1 heterocycles. The van der Waals surface area contributed by atoms with Crippen LogP contribution in [0.4, 0.5) is 0 Å². The summed E-state index contributed by atoms with van der Waals surface area (Å²) in [5.41, 5.74) is -0.154. The van der Waals surface area contributed by atoms with Crippen LogP contribution in [0.5, 0.6) is 0 Å². The zero-order valence-corrected chi connectivity index (χ0v) is 11.3. The number of likely N-dealkylation sites (N-methyl/N-ethyl adjacent to an activating group) is 1. The Morgan fingerprint density at radius 3 is 2.24 bits per heavy atom. The van der Waals surface area contributed by atoms with Crippen molar-refractivity contribution < 1.29 is 5.11 Å². The quantitative estimate of drug-likeness (QED) is 0.686. The molecule has 2 fully saturated rings. The second-order valence-corrected chi connectivity index (χ2v) is 5.99. The lowest BCUT2D eigenvalue weighted by atomic mass is 10.0. The number of nitrogens with one attached hydrogen (secondary N) is 1. The van der Waals surface area contributed by atoms with Crippen LogP contribution < -0.4 is 5.32 Å². The smallest absolute Gasteiger partial charge is 0.0623 e. The zero-order valence-electron chi connectivity index (χ0n) is 11.3. The van der Waals surface area contributed by atoms with E-state index in [1.807, 2.05) is 7.05 Å². The first kappa shape index (κ1) is 13.3. The number of hydrogen-bond acceptors (Lipinski definition) is 4. The first-order chi connectivity index (χ1) is 8.15. The second kappa shape index (κ2) is 5.65. The minimum absolute atomic E-state index is 0.154. The van der Waals surface area contributed by atoms with Gasteiger partial charge >= 0.3 is 0 Å². The van der Waals surface area contributed by atoms with Gasteiger partial charge in [0.05, 0.1) is 12.1 Å². The minimum Gasteiger partial charge on any atom is -0.394 e. The topological polar surface area (TPSA) is 38.7 Å². The Bertz CT molecular complexity index is 231. The minimum atomic E-state index is -0.154.